The van der Waals surface area contributed by atoms with Gasteiger partial charge in [0, 0.05) is 0 Å². The molecule has 0 amide bonds. The molecule has 0 unspecified atom stereocenters. The van der Waals surface area contributed by atoms with Crippen LogP contribution in [0.25, 0.3) is 11.0 Å². The average Bonchev–Trinajstić information content (AvgIpc) is 2.93. The van der Waals surface area contributed by atoms with E-state index in [2.05, 4.69) is 22.3 Å². The SMILES string of the molecule is CCCCCCCCC[O].Cc1cccc2[nH]nnc12. The van der Waals surface area contributed by atoms with Gasteiger partial charge in [0.15, 0.2) is 0 Å². The highest BCUT2D eigenvalue weighted by molar-refractivity contribution is 5.76. The number of H-pyrrole nitrogens is 1. The third kappa shape index (κ3) is 6.15. The van der Waals surface area contributed by atoms with Gasteiger partial charge in [0.25, 0.3) is 0 Å². The highest BCUT2D eigenvalue weighted by Gasteiger charge is 1.97. The number of hydrogen-bond acceptors (Lipinski definition) is 2. The summed E-state index contributed by atoms with van der Waals surface area (Å²) in [4.78, 5) is 0. The molecule has 0 saturated heterocycles. The summed E-state index contributed by atoms with van der Waals surface area (Å²) >= 11 is 0. The molecule has 0 spiro atoms. The van der Waals surface area contributed by atoms with Crippen molar-refractivity contribution in [3.05, 3.63) is 23.8 Å². The van der Waals surface area contributed by atoms with E-state index in [1.807, 2.05) is 25.1 Å². The predicted octanol–water partition coefficient (Wildman–Crippen LogP) is 4.43. The van der Waals surface area contributed by atoms with E-state index < -0.39 is 0 Å². The summed E-state index contributed by atoms with van der Waals surface area (Å²) < 4.78 is 0. The van der Waals surface area contributed by atoms with Gasteiger partial charge in [-0.15, -0.1) is 5.10 Å². The van der Waals surface area contributed by atoms with E-state index in [1.54, 1.807) is 0 Å². The van der Waals surface area contributed by atoms with Crippen molar-refractivity contribution in [2.45, 2.75) is 58.8 Å². The average molecular weight is 276 g/mol. The second kappa shape index (κ2) is 10.4. The number of nitrogens with one attached hydrogen (secondary N) is 1. The van der Waals surface area contributed by atoms with Crippen LogP contribution in [0.3, 0.4) is 0 Å². The lowest BCUT2D eigenvalue weighted by atomic mass is 10.1. The van der Waals surface area contributed by atoms with E-state index >= 15 is 0 Å². The van der Waals surface area contributed by atoms with Crippen LogP contribution in [0.1, 0.15) is 57.4 Å². The van der Waals surface area contributed by atoms with Gasteiger partial charge >= 0.3 is 0 Å². The van der Waals surface area contributed by atoms with Crippen molar-refractivity contribution in [2.24, 2.45) is 0 Å². The van der Waals surface area contributed by atoms with Crippen LogP contribution in [-0.4, -0.2) is 22.0 Å². The van der Waals surface area contributed by atoms with Crippen molar-refractivity contribution < 1.29 is 5.11 Å². The van der Waals surface area contributed by atoms with Crippen molar-refractivity contribution in [3.8, 4) is 0 Å². The molecule has 2 aromatic rings. The largest absolute Gasteiger partial charge is 0.258 e. The Balaban J connectivity index is 0.000000200. The molecule has 0 bridgehead atoms. The number of hydrogen-bond donors (Lipinski definition) is 1. The zero-order valence-corrected chi connectivity index (χ0v) is 12.7. The Hall–Kier alpha value is -1.42. The molecule has 1 aromatic carbocycles. The molecule has 0 aliphatic heterocycles. The highest BCUT2D eigenvalue weighted by Crippen LogP contribution is 2.10. The Morgan fingerprint density at radius 2 is 1.75 bits per heavy atom. The van der Waals surface area contributed by atoms with Gasteiger partial charge in [-0.25, -0.2) is 5.11 Å². The second-order valence-electron chi connectivity index (χ2n) is 5.11. The molecule has 0 fully saturated rings. The highest BCUT2D eigenvalue weighted by atomic mass is 16.2. The Labute approximate surface area is 121 Å². The van der Waals surface area contributed by atoms with Crippen LogP contribution in [0.5, 0.6) is 0 Å². The van der Waals surface area contributed by atoms with Crippen molar-refractivity contribution in [1.82, 2.24) is 15.4 Å². The molecule has 0 atom stereocenters. The molecular weight excluding hydrogens is 250 g/mol. The van der Waals surface area contributed by atoms with Crippen molar-refractivity contribution in [2.75, 3.05) is 6.61 Å². The Morgan fingerprint density at radius 3 is 2.40 bits per heavy atom. The first-order valence-electron chi connectivity index (χ1n) is 7.64. The van der Waals surface area contributed by atoms with Gasteiger partial charge in [0.05, 0.1) is 12.1 Å². The first kappa shape index (κ1) is 16.6. The minimum Gasteiger partial charge on any atom is -0.258 e. The van der Waals surface area contributed by atoms with E-state index in [9.17, 15) is 5.11 Å². The summed E-state index contributed by atoms with van der Waals surface area (Å²) in [5.41, 5.74) is 3.12. The van der Waals surface area contributed by atoms with Crippen LogP contribution in [0.15, 0.2) is 18.2 Å². The van der Waals surface area contributed by atoms with E-state index in [1.165, 1.54) is 32.1 Å². The van der Waals surface area contributed by atoms with Crippen LogP contribution in [-0.2, 0) is 5.11 Å². The molecule has 20 heavy (non-hydrogen) atoms. The minimum atomic E-state index is 0.119. The first-order valence-corrected chi connectivity index (χ1v) is 7.64. The summed E-state index contributed by atoms with van der Waals surface area (Å²) in [6.07, 6.45) is 8.64. The lowest BCUT2D eigenvalue weighted by Gasteiger charge is -1.97. The summed E-state index contributed by atoms with van der Waals surface area (Å²) in [6.45, 7) is 4.36. The third-order valence-corrected chi connectivity index (χ3v) is 3.31. The number of aryl methyl sites for hydroxylation is 1. The zero-order valence-electron chi connectivity index (χ0n) is 12.7. The third-order valence-electron chi connectivity index (χ3n) is 3.31. The fraction of sp³-hybridized carbons (Fsp3) is 0.625. The molecule has 4 nitrogen and oxygen atoms in total. The summed E-state index contributed by atoms with van der Waals surface area (Å²) in [5, 5.41) is 20.4. The lowest BCUT2D eigenvalue weighted by molar-refractivity contribution is 0.186. The molecule has 2 rings (SSSR count). The summed E-state index contributed by atoms with van der Waals surface area (Å²) in [7, 11) is 0. The van der Waals surface area contributed by atoms with Crippen LogP contribution >= 0.6 is 0 Å². The van der Waals surface area contributed by atoms with Gasteiger partial charge in [-0.3, -0.25) is 5.10 Å². The number of rotatable bonds is 7. The quantitative estimate of drug-likeness (QED) is 0.760. The van der Waals surface area contributed by atoms with Crippen LogP contribution in [0, 0.1) is 6.92 Å². The monoisotopic (exact) mass is 276 g/mol. The summed E-state index contributed by atoms with van der Waals surface area (Å²) in [5.74, 6) is 0. The fourth-order valence-corrected chi connectivity index (χ4v) is 2.07. The molecule has 1 heterocycles. The molecule has 111 valence electrons. The molecule has 4 heteroatoms. The van der Waals surface area contributed by atoms with Gasteiger partial charge in [0.2, 0.25) is 0 Å². The van der Waals surface area contributed by atoms with Crippen molar-refractivity contribution in [1.29, 1.82) is 0 Å². The van der Waals surface area contributed by atoms with E-state index in [4.69, 9.17) is 0 Å². The Morgan fingerprint density at radius 1 is 1.05 bits per heavy atom. The molecule has 0 saturated carbocycles. The van der Waals surface area contributed by atoms with Gasteiger partial charge < -0.3 is 0 Å². The molecular formula is C16H26N3O. The number of benzene rings is 1. The number of aromatic nitrogens is 3. The van der Waals surface area contributed by atoms with Gasteiger partial charge in [-0.2, -0.15) is 0 Å². The van der Waals surface area contributed by atoms with Crippen molar-refractivity contribution >= 4 is 11.0 Å². The number of unbranched alkanes of at least 4 members (excludes halogenated alkanes) is 6. The topological polar surface area (TPSA) is 61.5 Å². The number of aromatic amines is 1. The molecule has 1 aromatic heterocycles. The Bertz CT molecular complexity index is 459. The number of nitrogens with zero attached hydrogens (tertiary/aromatic N) is 2. The molecule has 1 radical (unpaired) electrons. The Kier molecular flexibility index (Phi) is 8.63. The van der Waals surface area contributed by atoms with E-state index in [0.717, 1.165) is 29.4 Å². The van der Waals surface area contributed by atoms with E-state index in [0.29, 0.717) is 0 Å². The number of fused-ring (bicyclic) bond motifs is 1. The maximum atomic E-state index is 10.0. The van der Waals surface area contributed by atoms with Crippen molar-refractivity contribution in [3.63, 3.8) is 0 Å². The maximum absolute atomic E-state index is 10.0. The minimum absolute atomic E-state index is 0.119. The standard InChI is InChI=1S/C9H19O.C7H7N3/c1-2-3-4-5-6-7-8-9-10;1-5-3-2-4-6-7(5)9-10-8-6/h2-9H2,1H3;2-4H,1H3,(H,8,9,10). The first-order chi connectivity index (χ1) is 9.79. The molecule has 1 N–H and O–H groups in total. The van der Waals surface area contributed by atoms with Gasteiger partial charge in [-0.05, 0) is 25.0 Å². The zero-order chi connectivity index (χ0) is 14.6. The van der Waals surface area contributed by atoms with E-state index in [-0.39, 0.29) is 6.61 Å². The maximum Gasteiger partial charge on any atom is 0.115 e. The molecule has 0 aliphatic carbocycles. The van der Waals surface area contributed by atoms with Gasteiger partial charge in [0.1, 0.15) is 5.52 Å². The second-order valence-corrected chi connectivity index (χ2v) is 5.11. The van der Waals surface area contributed by atoms with Crippen LogP contribution in [0.2, 0.25) is 0 Å². The fourth-order valence-electron chi connectivity index (χ4n) is 2.07. The smallest absolute Gasteiger partial charge is 0.115 e. The van der Waals surface area contributed by atoms with Gasteiger partial charge in [-0.1, -0.05) is 62.8 Å². The lowest BCUT2D eigenvalue weighted by Crippen LogP contribution is -1.82. The van der Waals surface area contributed by atoms with Crippen LogP contribution in [0.4, 0.5) is 0 Å². The predicted molar refractivity (Wildman–Crippen MR) is 82.2 cm³/mol. The molecule has 0 aliphatic rings. The summed E-state index contributed by atoms with van der Waals surface area (Å²) in [6, 6.07) is 5.96. The normalized spacial score (nSPS) is 10.3. The van der Waals surface area contributed by atoms with Crippen LogP contribution < -0.4 is 0 Å².